The van der Waals surface area contributed by atoms with E-state index in [0.717, 1.165) is 6.54 Å². The van der Waals surface area contributed by atoms with Gasteiger partial charge in [0.1, 0.15) is 0 Å². The van der Waals surface area contributed by atoms with Crippen LogP contribution in [0.4, 0.5) is 0 Å². The zero-order valence-corrected chi connectivity index (χ0v) is 11.3. The molecule has 1 aromatic carbocycles. The molecule has 2 aromatic rings. The van der Waals surface area contributed by atoms with Gasteiger partial charge in [-0.15, -0.1) is 0 Å². The third-order valence-electron chi connectivity index (χ3n) is 3.27. The molecule has 2 nitrogen and oxygen atoms in total. The summed E-state index contributed by atoms with van der Waals surface area (Å²) < 4.78 is 0. The van der Waals surface area contributed by atoms with Gasteiger partial charge in [-0.05, 0) is 43.1 Å². The van der Waals surface area contributed by atoms with Crippen molar-refractivity contribution in [3.8, 4) is 11.1 Å². The van der Waals surface area contributed by atoms with Crippen LogP contribution in [0.15, 0.2) is 42.7 Å². The molecule has 0 saturated carbocycles. The zero-order chi connectivity index (χ0) is 13.0. The molecule has 1 heterocycles. The van der Waals surface area contributed by atoms with Crippen molar-refractivity contribution < 1.29 is 0 Å². The number of aryl methyl sites for hydroxylation is 1. The van der Waals surface area contributed by atoms with Crippen LogP contribution in [0.1, 0.15) is 31.0 Å². The summed E-state index contributed by atoms with van der Waals surface area (Å²) >= 11 is 0. The molecule has 0 saturated heterocycles. The summed E-state index contributed by atoms with van der Waals surface area (Å²) in [7, 11) is 0. The van der Waals surface area contributed by atoms with Crippen LogP contribution in [0.25, 0.3) is 11.1 Å². The summed E-state index contributed by atoms with van der Waals surface area (Å²) in [4.78, 5) is 4.25. The van der Waals surface area contributed by atoms with Gasteiger partial charge >= 0.3 is 0 Å². The summed E-state index contributed by atoms with van der Waals surface area (Å²) in [5, 5.41) is 3.47. The minimum atomic E-state index is 0.353. The van der Waals surface area contributed by atoms with Crippen molar-refractivity contribution in [2.45, 2.75) is 26.8 Å². The molecule has 1 aromatic heterocycles. The van der Waals surface area contributed by atoms with Gasteiger partial charge in [0.15, 0.2) is 0 Å². The van der Waals surface area contributed by atoms with Gasteiger partial charge in [-0.25, -0.2) is 0 Å². The van der Waals surface area contributed by atoms with E-state index in [-0.39, 0.29) is 0 Å². The van der Waals surface area contributed by atoms with E-state index in [9.17, 15) is 0 Å². The van der Waals surface area contributed by atoms with Crippen molar-refractivity contribution in [2.24, 2.45) is 0 Å². The Morgan fingerprint density at radius 1 is 1.17 bits per heavy atom. The molecule has 2 rings (SSSR count). The first kappa shape index (κ1) is 12.8. The van der Waals surface area contributed by atoms with Crippen LogP contribution in [0.3, 0.4) is 0 Å². The fourth-order valence-electron chi connectivity index (χ4n) is 2.28. The van der Waals surface area contributed by atoms with Gasteiger partial charge in [0.05, 0.1) is 0 Å². The fraction of sp³-hybridized carbons (Fsp3) is 0.312. The predicted octanol–water partition coefficient (Wildman–Crippen LogP) is 3.73. The van der Waals surface area contributed by atoms with E-state index in [0.29, 0.717) is 6.04 Å². The number of nitrogens with one attached hydrogen (secondary N) is 1. The Bertz CT molecular complexity index is 520. The summed E-state index contributed by atoms with van der Waals surface area (Å²) in [6.45, 7) is 7.44. The molecular weight excluding hydrogens is 220 g/mol. The maximum Gasteiger partial charge on any atom is 0.0349 e. The van der Waals surface area contributed by atoms with Gasteiger partial charge in [0.2, 0.25) is 0 Å². The highest BCUT2D eigenvalue weighted by Gasteiger charge is 2.11. The summed E-state index contributed by atoms with van der Waals surface area (Å²) in [6, 6.07) is 11.0. The third-order valence-corrected chi connectivity index (χ3v) is 3.27. The Hall–Kier alpha value is -1.67. The molecule has 1 N–H and O–H groups in total. The predicted molar refractivity (Wildman–Crippen MR) is 76.5 cm³/mol. The Kier molecular flexibility index (Phi) is 4.11. The molecule has 2 heteroatoms. The maximum absolute atomic E-state index is 4.25. The van der Waals surface area contributed by atoms with Crippen molar-refractivity contribution in [3.05, 3.63) is 53.9 Å². The number of nitrogens with zero attached hydrogens (tertiary/aromatic N) is 1. The molecular formula is C16H20N2. The first-order valence-electron chi connectivity index (χ1n) is 6.47. The second-order valence-corrected chi connectivity index (χ2v) is 4.56. The normalized spacial score (nSPS) is 12.4. The van der Waals surface area contributed by atoms with Crippen LogP contribution < -0.4 is 5.32 Å². The molecule has 18 heavy (non-hydrogen) atoms. The van der Waals surface area contributed by atoms with E-state index in [1.54, 1.807) is 0 Å². The lowest BCUT2D eigenvalue weighted by molar-refractivity contribution is 0.599. The molecule has 0 fully saturated rings. The van der Waals surface area contributed by atoms with Gasteiger partial charge in [-0.2, -0.15) is 0 Å². The highest BCUT2D eigenvalue weighted by atomic mass is 14.9. The standard InChI is InChI=1S/C16H20N2/c1-4-18-13(3)14-7-5-6-8-15(14)16-11-17-10-9-12(16)2/h5-11,13,18H,4H2,1-3H3. The van der Waals surface area contributed by atoms with Gasteiger partial charge in [-0.1, -0.05) is 31.2 Å². The number of aromatic nitrogens is 1. The molecule has 94 valence electrons. The van der Waals surface area contributed by atoms with E-state index in [2.05, 4.69) is 61.4 Å². The number of hydrogen-bond donors (Lipinski definition) is 1. The zero-order valence-electron chi connectivity index (χ0n) is 11.3. The van der Waals surface area contributed by atoms with Gasteiger partial charge in [0.25, 0.3) is 0 Å². The van der Waals surface area contributed by atoms with Crippen molar-refractivity contribution in [3.63, 3.8) is 0 Å². The molecule has 0 aliphatic heterocycles. The van der Waals surface area contributed by atoms with E-state index in [4.69, 9.17) is 0 Å². The molecule has 1 unspecified atom stereocenters. The van der Waals surface area contributed by atoms with Crippen LogP contribution >= 0.6 is 0 Å². The molecule has 0 aliphatic rings. The topological polar surface area (TPSA) is 24.9 Å². The second-order valence-electron chi connectivity index (χ2n) is 4.56. The smallest absolute Gasteiger partial charge is 0.0349 e. The fourth-order valence-corrected chi connectivity index (χ4v) is 2.28. The average molecular weight is 240 g/mol. The first-order valence-corrected chi connectivity index (χ1v) is 6.47. The van der Waals surface area contributed by atoms with Crippen LogP contribution in [-0.2, 0) is 0 Å². The van der Waals surface area contributed by atoms with E-state index < -0.39 is 0 Å². The van der Waals surface area contributed by atoms with Crippen molar-refractivity contribution >= 4 is 0 Å². The number of hydrogen-bond acceptors (Lipinski definition) is 2. The second kappa shape index (κ2) is 5.78. The minimum absolute atomic E-state index is 0.353. The highest BCUT2D eigenvalue weighted by molar-refractivity contribution is 5.70. The number of benzene rings is 1. The lowest BCUT2D eigenvalue weighted by atomic mass is 9.94. The Labute approximate surface area is 109 Å². The summed E-state index contributed by atoms with van der Waals surface area (Å²) in [5.41, 5.74) is 5.09. The van der Waals surface area contributed by atoms with E-state index >= 15 is 0 Å². The van der Waals surface area contributed by atoms with Gasteiger partial charge < -0.3 is 5.32 Å². The molecule has 0 aliphatic carbocycles. The van der Waals surface area contributed by atoms with Crippen LogP contribution in [0.5, 0.6) is 0 Å². The van der Waals surface area contributed by atoms with Crippen molar-refractivity contribution in [1.29, 1.82) is 0 Å². The average Bonchev–Trinajstić information content (AvgIpc) is 2.40. The monoisotopic (exact) mass is 240 g/mol. The van der Waals surface area contributed by atoms with Crippen LogP contribution in [0.2, 0.25) is 0 Å². The number of rotatable bonds is 4. The summed E-state index contributed by atoms with van der Waals surface area (Å²) in [6.07, 6.45) is 3.79. The molecule has 0 spiro atoms. The van der Waals surface area contributed by atoms with Crippen molar-refractivity contribution in [1.82, 2.24) is 10.3 Å². The Morgan fingerprint density at radius 2 is 1.94 bits per heavy atom. The molecule has 1 atom stereocenters. The Morgan fingerprint density at radius 3 is 2.67 bits per heavy atom. The highest BCUT2D eigenvalue weighted by Crippen LogP contribution is 2.29. The summed E-state index contributed by atoms with van der Waals surface area (Å²) in [5.74, 6) is 0. The lowest BCUT2D eigenvalue weighted by Crippen LogP contribution is -2.18. The molecule has 0 amide bonds. The molecule has 0 radical (unpaired) electrons. The maximum atomic E-state index is 4.25. The van der Waals surface area contributed by atoms with Crippen molar-refractivity contribution in [2.75, 3.05) is 6.54 Å². The first-order chi connectivity index (χ1) is 8.74. The lowest BCUT2D eigenvalue weighted by Gasteiger charge is -2.18. The van der Waals surface area contributed by atoms with Crippen LogP contribution in [0, 0.1) is 6.92 Å². The molecule has 0 bridgehead atoms. The van der Waals surface area contributed by atoms with Crippen LogP contribution in [-0.4, -0.2) is 11.5 Å². The minimum Gasteiger partial charge on any atom is -0.310 e. The largest absolute Gasteiger partial charge is 0.310 e. The van der Waals surface area contributed by atoms with Gasteiger partial charge in [-0.3, -0.25) is 4.98 Å². The van der Waals surface area contributed by atoms with E-state index in [1.807, 2.05) is 12.4 Å². The third kappa shape index (κ3) is 2.59. The van der Waals surface area contributed by atoms with E-state index in [1.165, 1.54) is 22.3 Å². The SMILES string of the molecule is CCNC(C)c1ccccc1-c1cnccc1C. The quantitative estimate of drug-likeness (QED) is 0.881. The Balaban J connectivity index is 2.48. The number of pyridine rings is 1. The van der Waals surface area contributed by atoms with Gasteiger partial charge in [0, 0.05) is 24.0 Å².